The molecule has 0 N–H and O–H groups in total. The van der Waals surface area contributed by atoms with E-state index in [9.17, 15) is 35.3 Å². The topological polar surface area (TPSA) is 102 Å². The normalized spacial score (nSPS) is 12.9. The zero-order valence-corrected chi connectivity index (χ0v) is 13.5. The number of ether oxygens (including phenoxy) is 3. The smallest absolute Gasteiger partial charge is 0.396 e. The molecule has 0 saturated heterocycles. The van der Waals surface area contributed by atoms with Gasteiger partial charge in [0.25, 0.3) is 0 Å². The van der Waals surface area contributed by atoms with Gasteiger partial charge in [-0.2, -0.15) is 17.6 Å². The summed E-state index contributed by atoms with van der Waals surface area (Å²) in [7, 11) is -6.50. The Morgan fingerprint density at radius 2 is 1.79 bits per heavy atom. The lowest BCUT2D eigenvalue weighted by molar-refractivity contribution is -0.166. The Kier molecular flexibility index (Phi) is 8.82. The number of esters is 1. The molecule has 0 unspecified atom stereocenters. The standard InChI is InChI=1S/C12H18F4O7S/c1-3-21-8-23-10(17)9(2)7-22-6-4-5-11(13,14)12(15,16)24(18,19)20/h2-8H2,1H3,(H,18,19,20)/p-1. The fourth-order valence-corrected chi connectivity index (χ4v) is 1.73. The molecule has 142 valence electrons. The van der Waals surface area contributed by atoms with Gasteiger partial charge in [-0.05, 0) is 13.3 Å². The van der Waals surface area contributed by atoms with Crippen LogP contribution in [-0.2, 0) is 29.1 Å². The molecule has 0 rings (SSSR count). The van der Waals surface area contributed by atoms with Crippen LogP contribution in [0.15, 0.2) is 12.2 Å². The molecule has 0 radical (unpaired) electrons. The van der Waals surface area contributed by atoms with Gasteiger partial charge in [-0.25, -0.2) is 13.2 Å². The zero-order chi connectivity index (χ0) is 19.0. The Labute approximate surface area is 136 Å². The number of carbonyl (C=O) groups excluding carboxylic acids is 1. The van der Waals surface area contributed by atoms with Crippen molar-refractivity contribution in [2.45, 2.75) is 30.9 Å². The van der Waals surface area contributed by atoms with Crippen molar-refractivity contribution >= 4 is 16.1 Å². The molecule has 0 aromatic rings. The maximum absolute atomic E-state index is 13.1. The number of hydrogen-bond donors (Lipinski definition) is 0. The molecule has 24 heavy (non-hydrogen) atoms. The van der Waals surface area contributed by atoms with Gasteiger partial charge in [-0.15, -0.1) is 0 Å². The number of hydrogen-bond acceptors (Lipinski definition) is 7. The summed E-state index contributed by atoms with van der Waals surface area (Å²) in [6.45, 7) is 4.08. The first kappa shape index (κ1) is 22.8. The number of halogens is 4. The Hall–Kier alpha value is -1.24. The fraction of sp³-hybridized carbons (Fsp3) is 0.750. The van der Waals surface area contributed by atoms with Crippen LogP contribution in [0.5, 0.6) is 0 Å². The largest absolute Gasteiger partial charge is 0.743 e. The summed E-state index contributed by atoms with van der Waals surface area (Å²) < 4.78 is 96.4. The molecule has 0 bridgehead atoms. The number of rotatable bonds is 12. The fourth-order valence-electron chi connectivity index (χ4n) is 1.26. The highest BCUT2D eigenvalue weighted by Gasteiger charge is 2.60. The molecule has 0 atom stereocenters. The predicted molar refractivity (Wildman–Crippen MR) is 71.4 cm³/mol. The third-order valence-corrected chi connectivity index (χ3v) is 3.49. The highest BCUT2D eigenvalue weighted by Crippen LogP contribution is 2.41. The molecular formula is C12H17F4O7S-. The molecule has 0 heterocycles. The van der Waals surface area contributed by atoms with Crippen LogP contribution in [0.25, 0.3) is 0 Å². The summed E-state index contributed by atoms with van der Waals surface area (Å²) in [5, 5.41) is -5.72. The average molecular weight is 381 g/mol. The second-order valence-corrected chi connectivity index (χ2v) is 5.90. The van der Waals surface area contributed by atoms with Crippen molar-refractivity contribution in [3.8, 4) is 0 Å². The molecular weight excluding hydrogens is 364 g/mol. The minimum absolute atomic E-state index is 0.158. The third kappa shape index (κ3) is 6.71. The maximum Gasteiger partial charge on any atom is 0.396 e. The van der Waals surface area contributed by atoms with Crippen molar-refractivity contribution in [3.05, 3.63) is 12.2 Å². The van der Waals surface area contributed by atoms with Crippen LogP contribution in [0.1, 0.15) is 19.8 Å². The lowest BCUT2D eigenvalue weighted by Gasteiger charge is -2.28. The van der Waals surface area contributed by atoms with Crippen LogP contribution >= 0.6 is 0 Å². The van der Waals surface area contributed by atoms with Crippen molar-refractivity contribution < 1.29 is 49.5 Å². The van der Waals surface area contributed by atoms with E-state index < -0.39 is 53.3 Å². The molecule has 0 aromatic heterocycles. The molecule has 0 saturated carbocycles. The van der Waals surface area contributed by atoms with Gasteiger partial charge in [0.1, 0.15) is 0 Å². The first-order valence-electron chi connectivity index (χ1n) is 6.58. The molecule has 12 heteroatoms. The van der Waals surface area contributed by atoms with E-state index in [1.54, 1.807) is 6.92 Å². The van der Waals surface area contributed by atoms with Crippen LogP contribution in [-0.4, -0.2) is 56.7 Å². The van der Waals surface area contributed by atoms with Crippen LogP contribution in [0.3, 0.4) is 0 Å². The molecule has 7 nitrogen and oxygen atoms in total. The lowest BCUT2D eigenvalue weighted by atomic mass is 10.2. The van der Waals surface area contributed by atoms with Gasteiger partial charge in [0, 0.05) is 19.6 Å². The molecule has 0 spiro atoms. The zero-order valence-electron chi connectivity index (χ0n) is 12.7. The van der Waals surface area contributed by atoms with Gasteiger partial charge in [0.15, 0.2) is 16.9 Å². The first-order valence-corrected chi connectivity index (χ1v) is 7.99. The van der Waals surface area contributed by atoms with E-state index in [1.165, 1.54) is 0 Å². The Bertz CT molecular complexity index is 534. The quantitative estimate of drug-likeness (QED) is 0.126. The van der Waals surface area contributed by atoms with E-state index in [1.807, 2.05) is 0 Å². The summed E-state index contributed by atoms with van der Waals surface area (Å²) in [5.74, 6) is -5.89. The van der Waals surface area contributed by atoms with E-state index in [-0.39, 0.29) is 12.4 Å². The minimum atomic E-state index is -6.50. The highest BCUT2D eigenvalue weighted by molar-refractivity contribution is 7.86. The number of carbonyl (C=O) groups is 1. The molecule has 0 aliphatic rings. The SMILES string of the molecule is C=C(COCCCC(F)(F)C(F)(F)S(=O)(=O)[O-])C(=O)OCOCC. The summed E-state index contributed by atoms with van der Waals surface area (Å²) in [5.41, 5.74) is -0.158. The van der Waals surface area contributed by atoms with Crippen LogP contribution in [0.4, 0.5) is 17.6 Å². The third-order valence-electron chi connectivity index (χ3n) is 2.56. The molecule has 0 fully saturated rings. The van der Waals surface area contributed by atoms with Crippen LogP contribution < -0.4 is 0 Å². The maximum atomic E-state index is 13.1. The van der Waals surface area contributed by atoms with Crippen molar-refractivity contribution in [2.24, 2.45) is 0 Å². The van der Waals surface area contributed by atoms with Gasteiger partial charge in [-0.3, -0.25) is 0 Å². The summed E-state index contributed by atoms with van der Waals surface area (Å²) in [6.07, 6.45) is -2.28. The van der Waals surface area contributed by atoms with E-state index in [0.717, 1.165) is 0 Å². The predicted octanol–water partition coefficient (Wildman–Crippen LogP) is 1.65. The van der Waals surface area contributed by atoms with E-state index in [0.29, 0.717) is 6.61 Å². The van der Waals surface area contributed by atoms with Gasteiger partial charge in [-0.1, -0.05) is 6.58 Å². The second kappa shape index (κ2) is 9.30. The lowest BCUT2D eigenvalue weighted by Crippen LogP contribution is -2.46. The van der Waals surface area contributed by atoms with E-state index in [2.05, 4.69) is 11.3 Å². The summed E-state index contributed by atoms with van der Waals surface area (Å²) in [6, 6.07) is 0. The van der Waals surface area contributed by atoms with Gasteiger partial charge < -0.3 is 18.8 Å². The Morgan fingerprint density at radius 3 is 2.29 bits per heavy atom. The Balaban J connectivity index is 4.18. The monoisotopic (exact) mass is 381 g/mol. The molecule has 0 amide bonds. The molecule has 0 aliphatic heterocycles. The van der Waals surface area contributed by atoms with Gasteiger partial charge >= 0.3 is 17.1 Å². The molecule has 0 aromatic carbocycles. The minimum Gasteiger partial charge on any atom is -0.743 e. The van der Waals surface area contributed by atoms with E-state index in [4.69, 9.17) is 9.47 Å². The average Bonchev–Trinajstić information content (AvgIpc) is 2.45. The van der Waals surface area contributed by atoms with E-state index >= 15 is 0 Å². The van der Waals surface area contributed by atoms with Crippen LogP contribution in [0.2, 0.25) is 0 Å². The van der Waals surface area contributed by atoms with Gasteiger partial charge in [0.2, 0.25) is 0 Å². The highest BCUT2D eigenvalue weighted by atomic mass is 32.2. The number of alkyl halides is 4. The first-order chi connectivity index (χ1) is 10.9. The Morgan fingerprint density at radius 1 is 1.21 bits per heavy atom. The summed E-state index contributed by atoms with van der Waals surface area (Å²) in [4.78, 5) is 11.3. The molecule has 0 aliphatic carbocycles. The second-order valence-electron chi connectivity index (χ2n) is 4.48. The van der Waals surface area contributed by atoms with Crippen molar-refractivity contribution in [3.63, 3.8) is 0 Å². The summed E-state index contributed by atoms with van der Waals surface area (Å²) >= 11 is 0. The van der Waals surface area contributed by atoms with Crippen molar-refractivity contribution in [1.82, 2.24) is 0 Å². The van der Waals surface area contributed by atoms with Crippen molar-refractivity contribution in [2.75, 3.05) is 26.6 Å². The van der Waals surface area contributed by atoms with Crippen LogP contribution in [0, 0.1) is 0 Å². The van der Waals surface area contributed by atoms with Gasteiger partial charge in [0.05, 0.1) is 12.2 Å². The van der Waals surface area contributed by atoms with Crippen molar-refractivity contribution in [1.29, 1.82) is 0 Å².